The van der Waals surface area contributed by atoms with Gasteiger partial charge in [0, 0.05) is 29.8 Å². The zero-order valence-corrected chi connectivity index (χ0v) is 12.8. The van der Waals surface area contributed by atoms with Gasteiger partial charge in [-0.15, -0.1) is 0 Å². The van der Waals surface area contributed by atoms with Gasteiger partial charge in [-0.25, -0.2) is 4.98 Å². The van der Waals surface area contributed by atoms with Crippen molar-refractivity contribution in [2.75, 3.05) is 11.9 Å². The molecular weight excluding hydrogens is 328 g/mol. The van der Waals surface area contributed by atoms with Crippen LogP contribution in [-0.2, 0) is 13.2 Å². The van der Waals surface area contributed by atoms with E-state index in [9.17, 15) is 5.11 Å². The molecule has 0 unspecified atom stereocenters. The lowest BCUT2D eigenvalue weighted by atomic mass is 10.2. The van der Waals surface area contributed by atoms with Crippen LogP contribution in [0.5, 0.6) is 0 Å². The minimum Gasteiger partial charge on any atom is -0.392 e. The van der Waals surface area contributed by atoms with Gasteiger partial charge in [0.25, 0.3) is 0 Å². The van der Waals surface area contributed by atoms with Crippen LogP contribution in [0.3, 0.4) is 0 Å². The Labute approximate surface area is 126 Å². The van der Waals surface area contributed by atoms with Gasteiger partial charge < -0.3 is 10.0 Å². The number of nitrogens with zero attached hydrogens (tertiary/aromatic N) is 2. The van der Waals surface area contributed by atoms with Crippen molar-refractivity contribution < 1.29 is 5.11 Å². The maximum atomic E-state index is 9.22. The minimum absolute atomic E-state index is 0.0861. The van der Waals surface area contributed by atoms with Gasteiger partial charge in [-0.1, -0.05) is 45.7 Å². The summed E-state index contributed by atoms with van der Waals surface area (Å²) in [7, 11) is 1.96. The number of aliphatic hydroxyl groups is 1. The van der Waals surface area contributed by atoms with Crippen LogP contribution in [0.15, 0.2) is 41.0 Å². The number of pyridine rings is 1. The largest absolute Gasteiger partial charge is 0.392 e. The second-order valence-corrected chi connectivity index (χ2v) is 5.50. The van der Waals surface area contributed by atoms with Crippen molar-refractivity contribution >= 4 is 33.3 Å². The fraction of sp³-hybridized carbons (Fsp3) is 0.214. The molecule has 5 heteroatoms. The minimum atomic E-state index is -0.0861. The fourth-order valence-corrected chi connectivity index (χ4v) is 2.33. The van der Waals surface area contributed by atoms with Crippen molar-refractivity contribution in [3.63, 3.8) is 0 Å². The van der Waals surface area contributed by atoms with Crippen molar-refractivity contribution in [3.05, 3.63) is 57.2 Å². The molecule has 0 saturated carbocycles. The molecule has 1 N–H and O–H groups in total. The van der Waals surface area contributed by atoms with E-state index in [1.165, 1.54) is 5.56 Å². The molecule has 0 fully saturated rings. The summed E-state index contributed by atoms with van der Waals surface area (Å²) in [5.41, 5.74) is 1.86. The number of hydrogen-bond donors (Lipinski definition) is 1. The molecular formula is C14H14BrClN2O. The normalized spacial score (nSPS) is 10.5. The number of aliphatic hydroxyl groups excluding tert-OH is 1. The molecule has 100 valence electrons. The van der Waals surface area contributed by atoms with Crippen molar-refractivity contribution in [2.45, 2.75) is 13.2 Å². The van der Waals surface area contributed by atoms with Crippen LogP contribution >= 0.6 is 27.5 Å². The first kappa shape index (κ1) is 14.3. The SMILES string of the molecule is CN(Cc1ccccc1Br)c1cc(CO)c(Cl)cn1. The van der Waals surface area contributed by atoms with Crippen LogP contribution in [0.25, 0.3) is 0 Å². The molecule has 0 bridgehead atoms. The number of anilines is 1. The average molecular weight is 342 g/mol. The van der Waals surface area contributed by atoms with Crippen molar-refractivity contribution in [2.24, 2.45) is 0 Å². The predicted molar refractivity (Wildman–Crippen MR) is 81.4 cm³/mol. The molecule has 0 spiro atoms. The van der Waals surface area contributed by atoms with E-state index in [4.69, 9.17) is 11.6 Å². The monoisotopic (exact) mass is 340 g/mol. The summed E-state index contributed by atoms with van der Waals surface area (Å²) in [6.07, 6.45) is 1.57. The molecule has 0 amide bonds. The Bertz CT molecular complexity index is 577. The highest BCUT2D eigenvalue weighted by Gasteiger charge is 2.08. The Balaban J connectivity index is 2.20. The smallest absolute Gasteiger partial charge is 0.128 e. The first-order valence-corrected chi connectivity index (χ1v) is 6.98. The van der Waals surface area contributed by atoms with Gasteiger partial charge in [-0.05, 0) is 17.7 Å². The summed E-state index contributed by atoms with van der Waals surface area (Å²) in [4.78, 5) is 6.29. The van der Waals surface area contributed by atoms with Crippen LogP contribution in [0.4, 0.5) is 5.82 Å². The molecule has 1 aromatic carbocycles. The lowest BCUT2D eigenvalue weighted by molar-refractivity contribution is 0.282. The summed E-state index contributed by atoms with van der Waals surface area (Å²) in [5, 5.41) is 9.71. The van der Waals surface area contributed by atoms with Crippen LogP contribution < -0.4 is 4.90 Å². The van der Waals surface area contributed by atoms with E-state index in [-0.39, 0.29) is 6.61 Å². The Morgan fingerprint density at radius 1 is 1.32 bits per heavy atom. The summed E-state index contributed by atoms with van der Waals surface area (Å²) >= 11 is 9.47. The van der Waals surface area contributed by atoms with Gasteiger partial charge in [-0.3, -0.25) is 0 Å². The molecule has 0 aliphatic rings. The fourth-order valence-electron chi connectivity index (χ4n) is 1.76. The second-order valence-electron chi connectivity index (χ2n) is 4.24. The quantitative estimate of drug-likeness (QED) is 0.922. The van der Waals surface area contributed by atoms with Crippen LogP contribution in [-0.4, -0.2) is 17.1 Å². The van der Waals surface area contributed by atoms with Gasteiger partial charge >= 0.3 is 0 Å². The second kappa shape index (κ2) is 6.37. The maximum Gasteiger partial charge on any atom is 0.128 e. The van der Waals surface area contributed by atoms with E-state index in [1.807, 2.05) is 30.1 Å². The lowest BCUT2D eigenvalue weighted by Crippen LogP contribution is -2.18. The Kier molecular flexibility index (Phi) is 4.80. The molecule has 0 aliphatic carbocycles. The highest BCUT2D eigenvalue weighted by atomic mass is 79.9. The zero-order valence-electron chi connectivity index (χ0n) is 10.5. The third-order valence-corrected chi connectivity index (χ3v) is 3.96. The van der Waals surface area contributed by atoms with Crippen LogP contribution in [0.2, 0.25) is 5.02 Å². The van der Waals surface area contributed by atoms with Crippen molar-refractivity contribution in [1.29, 1.82) is 0 Å². The summed E-state index contributed by atoms with van der Waals surface area (Å²) < 4.78 is 1.07. The van der Waals surface area contributed by atoms with E-state index in [0.29, 0.717) is 10.6 Å². The molecule has 0 atom stereocenters. The third kappa shape index (κ3) is 3.47. The van der Waals surface area contributed by atoms with Crippen molar-refractivity contribution in [3.8, 4) is 0 Å². The molecule has 0 saturated heterocycles. The van der Waals surface area contributed by atoms with Gasteiger partial charge in [0.2, 0.25) is 0 Å². The van der Waals surface area contributed by atoms with Gasteiger partial charge in [0.15, 0.2) is 0 Å². The Morgan fingerprint density at radius 2 is 2.05 bits per heavy atom. The molecule has 0 radical (unpaired) electrons. The third-order valence-electron chi connectivity index (χ3n) is 2.85. The number of rotatable bonds is 4. The standard InChI is InChI=1S/C14H14BrClN2O/c1-18(8-10-4-2-3-5-12(10)15)14-6-11(9-19)13(16)7-17-14/h2-7,19H,8-9H2,1H3. The lowest BCUT2D eigenvalue weighted by Gasteiger charge is -2.19. The predicted octanol–water partition coefficient (Wildman–Crippen LogP) is 3.63. The van der Waals surface area contributed by atoms with E-state index in [0.717, 1.165) is 16.8 Å². The van der Waals surface area contributed by atoms with E-state index in [2.05, 4.69) is 27.0 Å². The topological polar surface area (TPSA) is 36.4 Å². The van der Waals surface area contributed by atoms with Crippen LogP contribution in [0.1, 0.15) is 11.1 Å². The molecule has 2 aromatic rings. The first-order valence-electron chi connectivity index (χ1n) is 5.81. The molecule has 0 aliphatic heterocycles. The summed E-state index contributed by atoms with van der Waals surface area (Å²) in [6, 6.07) is 9.86. The Morgan fingerprint density at radius 3 is 2.74 bits per heavy atom. The molecule has 19 heavy (non-hydrogen) atoms. The molecule has 1 heterocycles. The van der Waals surface area contributed by atoms with Gasteiger partial charge in [0.05, 0.1) is 11.6 Å². The highest BCUT2D eigenvalue weighted by molar-refractivity contribution is 9.10. The van der Waals surface area contributed by atoms with Crippen LogP contribution in [0, 0.1) is 0 Å². The zero-order chi connectivity index (χ0) is 13.8. The Hall–Kier alpha value is -1.10. The average Bonchev–Trinajstić information content (AvgIpc) is 2.42. The number of hydrogen-bond acceptors (Lipinski definition) is 3. The van der Waals surface area contributed by atoms with Crippen molar-refractivity contribution in [1.82, 2.24) is 4.98 Å². The number of aromatic nitrogens is 1. The summed E-state index contributed by atoms with van der Waals surface area (Å²) in [5.74, 6) is 0.782. The van der Waals surface area contributed by atoms with E-state index in [1.54, 1.807) is 12.3 Å². The van der Waals surface area contributed by atoms with Gasteiger partial charge in [-0.2, -0.15) is 0 Å². The number of benzene rings is 1. The molecule has 3 nitrogen and oxygen atoms in total. The highest BCUT2D eigenvalue weighted by Crippen LogP contribution is 2.23. The molecule has 1 aromatic heterocycles. The van der Waals surface area contributed by atoms with E-state index >= 15 is 0 Å². The summed E-state index contributed by atoms with van der Waals surface area (Å²) in [6.45, 7) is 0.637. The maximum absolute atomic E-state index is 9.22. The molecule has 2 rings (SSSR count). The van der Waals surface area contributed by atoms with E-state index < -0.39 is 0 Å². The first-order chi connectivity index (χ1) is 9.11. The van der Waals surface area contributed by atoms with Gasteiger partial charge in [0.1, 0.15) is 5.82 Å². The number of halogens is 2.